The number of hydrogen-bond donors (Lipinski definition) is 0. The van der Waals surface area contributed by atoms with Crippen molar-refractivity contribution < 1.29 is 9.47 Å². The van der Waals surface area contributed by atoms with Crippen molar-refractivity contribution in [2.45, 2.75) is 78.6 Å². The molecule has 154 valence electrons. The second kappa shape index (κ2) is 8.58. The van der Waals surface area contributed by atoms with Crippen molar-refractivity contribution in [2.75, 3.05) is 12.4 Å². The minimum absolute atomic E-state index is 0.139. The SMILES string of the molecule is CC(C)c1cc2c(c(C(C)C)c1CCOC1=CC(C(C)(C)N=O)CS1)COC2. The Labute approximate surface area is 173 Å². The third-order valence-electron chi connectivity index (χ3n) is 5.90. The molecule has 0 N–H and O–H groups in total. The third kappa shape index (κ3) is 4.30. The van der Waals surface area contributed by atoms with Crippen LogP contribution in [0.3, 0.4) is 0 Å². The van der Waals surface area contributed by atoms with Crippen LogP contribution >= 0.6 is 11.8 Å². The minimum atomic E-state index is -0.576. The van der Waals surface area contributed by atoms with Gasteiger partial charge in [0, 0.05) is 18.1 Å². The van der Waals surface area contributed by atoms with E-state index in [1.165, 1.54) is 27.8 Å². The van der Waals surface area contributed by atoms with Crippen LogP contribution in [-0.4, -0.2) is 17.9 Å². The second-order valence-electron chi connectivity index (χ2n) is 9.04. The summed E-state index contributed by atoms with van der Waals surface area (Å²) in [6.07, 6.45) is 2.97. The monoisotopic (exact) mass is 403 g/mol. The number of nitrogens with zero attached hydrogens (tertiary/aromatic N) is 1. The van der Waals surface area contributed by atoms with Crippen molar-refractivity contribution in [3.05, 3.63) is 50.0 Å². The number of benzene rings is 1. The Morgan fingerprint density at radius 3 is 2.64 bits per heavy atom. The zero-order valence-electron chi connectivity index (χ0n) is 18.0. The molecule has 3 rings (SSSR count). The van der Waals surface area contributed by atoms with Crippen LogP contribution in [-0.2, 0) is 29.1 Å². The van der Waals surface area contributed by atoms with Gasteiger partial charge in [-0.3, -0.25) is 0 Å². The van der Waals surface area contributed by atoms with Crippen LogP contribution in [0.1, 0.15) is 81.2 Å². The number of ether oxygens (including phenoxy) is 2. The molecule has 1 aromatic carbocycles. The van der Waals surface area contributed by atoms with Gasteiger partial charge in [0.15, 0.2) is 0 Å². The molecule has 0 saturated heterocycles. The van der Waals surface area contributed by atoms with E-state index in [1.54, 1.807) is 11.8 Å². The molecule has 1 aromatic rings. The van der Waals surface area contributed by atoms with E-state index in [2.05, 4.69) is 45.0 Å². The number of hydrogen-bond acceptors (Lipinski definition) is 5. The Bertz CT molecular complexity index is 768. The summed E-state index contributed by atoms with van der Waals surface area (Å²) >= 11 is 1.69. The number of nitroso groups, excluding NO2 is 1. The van der Waals surface area contributed by atoms with Crippen LogP contribution in [0.15, 0.2) is 22.4 Å². The number of fused-ring (bicyclic) bond motifs is 1. The molecular weight excluding hydrogens is 370 g/mol. The molecule has 0 saturated carbocycles. The summed E-state index contributed by atoms with van der Waals surface area (Å²) in [5, 5.41) is 4.22. The highest BCUT2D eigenvalue weighted by molar-refractivity contribution is 8.03. The Hall–Kier alpha value is -1.33. The average Bonchev–Trinajstić information content (AvgIpc) is 3.29. The molecule has 1 atom stereocenters. The van der Waals surface area contributed by atoms with Gasteiger partial charge in [0.1, 0.15) is 10.6 Å². The number of rotatable bonds is 8. The van der Waals surface area contributed by atoms with Gasteiger partial charge in [0.2, 0.25) is 0 Å². The zero-order chi connectivity index (χ0) is 20.5. The molecule has 0 aliphatic carbocycles. The highest BCUT2D eigenvalue weighted by Gasteiger charge is 2.34. The van der Waals surface area contributed by atoms with Crippen LogP contribution in [0.2, 0.25) is 0 Å². The Morgan fingerprint density at radius 1 is 1.25 bits per heavy atom. The molecule has 0 aromatic heterocycles. The van der Waals surface area contributed by atoms with Gasteiger partial charge in [-0.25, -0.2) is 0 Å². The van der Waals surface area contributed by atoms with Crippen molar-refractivity contribution in [2.24, 2.45) is 11.1 Å². The van der Waals surface area contributed by atoms with Gasteiger partial charge in [-0.1, -0.05) is 50.7 Å². The molecule has 2 aliphatic rings. The molecule has 2 aliphatic heterocycles. The van der Waals surface area contributed by atoms with Gasteiger partial charge in [-0.2, -0.15) is 4.91 Å². The molecule has 0 bridgehead atoms. The average molecular weight is 404 g/mol. The summed E-state index contributed by atoms with van der Waals surface area (Å²) in [5.74, 6) is 1.94. The third-order valence-corrected chi connectivity index (χ3v) is 6.97. The predicted octanol–water partition coefficient (Wildman–Crippen LogP) is 6.27. The predicted molar refractivity (Wildman–Crippen MR) is 117 cm³/mol. The first-order chi connectivity index (χ1) is 13.2. The molecule has 0 radical (unpaired) electrons. The summed E-state index contributed by atoms with van der Waals surface area (Å²) < 4.78 is 11.9. The largest absolute Gasteiger partial charge is 0.487 e. The van der Waals surface area contributed by atoms with E-state index < -0.39 is 5.54 Å². The lowest BCUT2D eigenvalue weighted by Crippen LogP contribution is -2.27. The smallest absolute Gasteiger partial charge is 0.149 e. The van der Waals surface area contributed by atoms with E-state index in [4.69, 9.17) is 9.47 Å². The van der Waals surface area contributed by atoms with Crippen molar-refractivity contribution >= 4 is 11.8 Å². The van der Waals surface area contributed by atoms with Gasteiger partial charge in [-0.15, -0.1) is 0 Å². The van der Waals surface area contributed by atoms with Gasteiger partial charge < -0.3 is 9.47 Å². The lowest BCUT2D eigenvalue weighted by Gasteiger charge is -2.23. The molecule has 28 heavy (non-hydrogen) atoms. The Kier molecular flexibility index (Phi) is 6.55. The van der Waals surface area contributed by atoms with E-state index in [1.807, 2.05) is 13.8 Å². The van der Waals surface area contributed by atoms with E-state index in [-0.39, 0.29) is 5.92 Å². The summed E-state index contributed by atoms with van der Waals surface area (Å²) in [6, 6.07) is 2.35. The lowest BCUT2D eigenvalue weighted by molar-refractivity contribution is 0.134. The van der Waals surface area contributed by atoms with Crippen LogP contribution in [0, 0.1) is 10.8 Å². The molecule has 2 heterocycles. The topological polar surface area (TPSA) is 47.9 Å². The van der Waals surface area contributed by atoms with Crippen molar-refractivity contribution in [3.8, 4) is 0 Å². The lowest BCUT2D eigenvalue weighted by atomic mass is 9.82. The quantitative estimate of drug-likeness (QED) is 0.480. The molecule has 1 unspecified atom stereocenters. The highest BCUT2D eigenvalue weighted by atomic mass is 32.2. The summed E-state index contributed by atoms with van der Waals surface area (Å²) in [4.78, 5) is 11.1. The summed E-state index contributed by atoms with van der Waals surface area (Å²) in [6.45, 7) is 15.0. The van der Waals surface area contributed by atoms with Gasteiger partial charge in [0.05, 0.1) is 19.8 Å². The molecule has 0 amide bonds. The van der Waals surface area contributed by atoms with E-state index in [9.17, 15) is 4.91 Å². The Morgan fingerprint density at radius 2 is 2.00 bits per heavy atom. The maximum atomic E-state index is 11.1. The van der Waals surface area contributed by atoms with E-state index in [0.717, 1.165) is 30.5 Å². The normalized spacial score (nSPS) is 19.3. The highest BCUT2D eigenvalue weighted by Crippen LogP contribution is 2.39. The van der Waals surface area contributed by atoms with E-state index in [0.29, 0.717) is 18.4 Å². The van der Waals surface area contributed by atoms with Crippen molar-refractivity contribution in [1.82, 2.24) is 0 Å². The second-order valence-corrected chi connectivity index (χ2v) is 10.1. The fraction of sp³-hybridized carbons (Fsp3) is 0.652. The van der Waals surface area contributed by atoms with Gasteiger partial charge in [0.25, 0.3) is 0 Å². The van der Waals surface area contributed by atoms with Crippen molar-refractivity contribution in [1.29, 1.82) is 0 Å². The molecular formula is C23H33NO3S. The maximum Gasteiger partial charge on any atom is 0.149 e. The van der Waals surface area contributed by atoms with Gasteiger partial charge in [-0.05, 0) is 59.6 Å². The first-order valence-corrected chi connectivity index (χ1v) is 11.3. The first kappa shape index (κ1) is 21.4. The first-order valence-electron chi connectivity index (χ1n) is 10.3. The maximum absolute atomic E-state index is 11.1. The zero-order valence-corrected chi connectivity index (χ0v) is 18.8. The van der Waals surface area contributed by atoms with Crippen LogP contribution in [0.5, 0.6) is 0 Å². The Balaban J connectivity index is 1.78. The number of thioether (sulfide) groups is 1. The molecule has 0 fully saturated rings. The van der Waals surface area contributed by atoms with Gasteiger partial charge >= 0.3 is 0 Å². The molecule has 5 heteroatoms. The van der Waals surface area contributed by atoms with Crippen LogP contribution < -0.4 is 0 Å². The molecule has 0 spiro atoms. The molecule has 4 nitrogen and oxygen atoms in total. The summed E-state index contributed by atoms with van der Waals surface area (Å²) in [7, 11) is 0. The van der Waals surface area contributed by atoms with Crippen LogP contribution in [0.4, 0.5) is 0 Å². The summed E-state index contributed by atoms with van der Waals surface area (Å²) in [5.41, 5.74) is 6.49. The standard InChI is InChI=1S/C23H33NO3S/c1-14(2)19-9-16-11-26-12-20(16)22(15(3)4)18(19)7-8-27-21-10-17(13-28-21)23(5,6)24-25/h9-10,14-15,17H,7-8,11-13H2,1-6H3. The van der Waals surface area contributed by atoms with E-state index >= 15 is 0 Å². The fourth-order valence-electron chi connectivity index (χ4n) is 4.18. The minimum Gasteiger partial charge on any atom is -0.487 e. The van der Waals surface area contributed by atoms with Crippen LogP contribution in [0.25, 0.3) is 0 Å². The van der Waals surface area contributed by atoms with Crippen molar-refractivity contribution in [3.63, 3.8) is 0 Å². The fourth-order valence-corrected chi connectivity index (χ4v) is 5.45.